The van der Waals surface area contributed by atoms with Gasteiger partial charge in [0.05, 0.1) is 0 Å². The third-order valence-electron chi connectivity index (χ3n) is 2.88. The van der Waals surface area contributed by atoms with E-state index in [9.17, 15) is 0 Å². The summed E-state index contributed by atoms with van der Waals surface area (Å²) in [5, 5.41) is 0. The van der Waals surface area contributed by atoms with Crippen LogP contribution in [0, 0.1) is 0 Å². The van der Waals surface area contributed by atoms with Gasteiger partial charge in [-0.1, -0.05) is 39.0 Å². The highest BCUT2D eigenvalue weighted by molar-refractivity contribution is 6.53. The first-order chi connectivity index (χ1) is 5.38. The molecule has 0 heterocycles. The molecule has 1 rings (SSSR count). The monoisotopic (exact) mass is 172 g/mol. The second-order valence-corrected chi connectivity index (χ2v) is 6.89. The molecule has 0 N–H and O–H groups in total. The van der Waals surface area contributed by atoms with Crippen molar-refractivity contribution in [2.24, 2.45) is 0 Å². The largest absolute Gasteiger partial charge is 0.423 e. The Bertz CT molecular complexity index is 95.7. The molecule has 0 radical (unpaired) electrons. The molecule has 2 heteroatoms. The van der Waals surface area contributed by atoms with Gasteiger partial charge in [-0.15, -0.1) is 0 Å². The fraction of sp³-hybridized carbons (Fsp3) is 1.00. The van der Waals surface area contributed by atoms with E-state index in [2.05, 4.69) is 6.92 Å². The highest BCUT2D eigenvalue weighted by atomic mass is 28.3. The topological polar surface area (TPSA) is 9.23 Å². The Morgan fingerprint density at radius 2 is 1.91 bits per heavy atom. The summed E-state index contributed by atoms with van der Waals surface area (Å²) in [6.45, 7) is 2.29. The van der Waals surface area contributed by atoms with Gasteiger partial charge in [-0.3, -0.25) is 0 Å². The second kappa shape index (κ2) is 4.94. The molecule has 1 atom stereocenters. The maximum atomic E-state index is 5.58. The molecule has 11 heavy (non-hydrogen) atoms. The molecule has 0 aromatic rings. The van der Waals surface area contributed by atoms with Crippen molar-refractivity contribution in [3.8, 4) is 0 Å². The van der Waals surface area contributed by atoms with Crippen LogP contribution in [-0.2, 0) is 4.43 Å². The molecule has 1 nitrogen and oxygen atoms in total. The van der Waals surface area contributed by atoms with Gasteiger partial charge in [-0.05, 0) is 11.6 Å². The zero-order valence-corrected chi connectivity index (χ0v) is 8.96. The Balaban J connectivity index is 2.30. The summed E-state index contributed by atoms with van der Waals surface area (Å²) in [7, 11) is 1.14. The van der Waals surface area contributed by atoms with Gasteiger partial charge in [-0.2, -0.15) is 0 Å². The molecular formula is C9H20OSi. The second-order valence-electron chi connectivity index (χ2n) is 3.58. The minimum atomic E-state index is -0.773. The summed E-state index contributed by atoms with van der Waals surface area (Å²) in [5.74, 6) is 0. The molecule has 0 aliphatic heterocycles. The van der Waals surface area contributed by atoms with E-state index in [-0.39, 0.29) is 0 Å². The Morgan fingerprint density at radius 1 is 1.27 bits per heavy atom. The van der Waals surface area contributed by atoms with Crippen molar-refractivity contribution in [3.63, 3.8) is 0 Å². The van der Waals surface area contributed by atoms with Crippen molar-refractivity contribution in [3.05, 3.63) is 0 Å². The molecule has 1 fully saturated rings. The molecule has 1 aliphatic rings. The zero-order chi connectivity index (χ0) is 8.10. The Kier molecular flexibility index (Phi) is 4.16. The van der Waals surface area contributed by atoms with E-state index >= 15 is 0 Å². The SMILES string of the molecule is CC[SiH](OC)C1CCCCC1. The van der Waals surface area contributed by atoms with Gasteiger partial charge in [0.1, 0.15) is 0 Å². The van der Waals surface area contributed by atoms with Crippen LogP contribution in [0.4, 0.5) is 0 Å². The lowest BCUT2D eigenvalue weighted by molar-refractivity contribution is 0.379. The van der Waals surface area contributed by atoms with Crippen LogP contribution in [0.1, 0.15) is 39.0 Å². The first kappa shape index (κ1) is 9.27. The minimum Gasteiger partial charge on any atom is -0.423 e. The lowest BCUT2D eigenvalue weighted by Gasteiger charge is -2.26. The van der Waals surface area contributed by atoms with E-state index in [4.69, 9.17) is 4.43 Å². The average Bonchev–Trinajstić information content (AvgIpc) is 2.09. The summed E-state index contributed by atoms with van der Waals surface area (Å²) < 4.78 is 5.58. The van der Waals surface area contributed by atoms with Gasteiger partial charge in [0, 0.05) is 7.11 Å². The average molecular weight is 172 g/mol. The first-order valence-corrected chi connectivity index (χ1v) is 6.86. The van der Waals surface area contributed by atoms with Crippen LogP contribution in [0.3, 0.4) is 0 Å². The third kappa shape index (κ3) is 2.60. The molecule has 0 amide bonds. The number of rotatable bonds is 3. The van der Waals surface area contributed by atoms with E-state index in [1.54, 1.807) is 0 Å². The molecule has 66 valence electrons. The predicted octanol–water partition coefficient (Wildman–Crippen LogP) is 2.71. The molecule has 1 saturated carbocycles. The number of hydrogen-bond donors (Lipinski definition) is 0. The fourth-order valence-corrected chi connectivity index (χ4v) is 4.80. The summed E-state index contributed by atoms with van der Waals surface area (Å²) in [6.07, 6.45) is 7.29. The van der Waals surface area contributed by atoms with Gasteiger partial charge >= 0.3 is 0 Å². The summed E-state index contributed by atoms with van der Waals surface area (Å²) in [4.78, 5) is 0. The zero-order valence-electron chi connectivity index (χ0n) is 7.81. The van der Waals surface area contributed by atoms with Gasteiger partial charge in [0.25, 0.3) is 0 Å². The van der Waals surface area contributed by atoms with Crippen LogP contribution in [0.5, 0.6) is 0 Å². The molecular weight excluding hydrogens is 152 g/mol. The van der Waals surface area contributed by atoms with Gasteiger partial charge in [0.15, 0.2) is 9.04 Å². The van der Waals surface area contributed by atoms with Gasteiger partial charge in [0.2, 0.25) is 0 Å². The van der Waals surface area contributed by atoms with Crippen molar-refractivity contribution in [1.29, 1.82) is 0 Å². The highest BCUT2D eigenvalue weighted by Gasteiger charge is 2.23. The van der Waals surface area contributed by atoms with Crippen LogP contribution in [0.15, 0.2) is 0 Å². The molecule has 0 aromatic heterocycles. The maximum Gasteiger partial charge on any atom is 0.179 e. The van der Waals surface area contributed by atoms with Crippen LogP contribution in [-0.4, -0.2) is 16.2 Å². The quantitative estimate of drug-likeness (QED) is 0.595. The lowest BCUT2D eigenvalue weighted by Crippen LogP contribution is -2.24. The van der Waals surface area contributed by atoms with E-state index in [0.29, 0.717) is 0 Å². The lowest BCUT2D eigenvalue weighted by atomic mass is 10.0. The summed E-state index contributed by atoms with van der Waals surface area (Å²) >= 11 is 0. The van der Waals surface area contributed by atoms with Crippen LogP contribution >= 0.6 is 0 Å². The van der Waals surface area contributed by atoms with E-state index in [1.807, 2.05) is 7.11 Å². The van der Waals surface area contributed by atoms with Crippen molar-refractivity contribution in [1.82, 2.24) is 0 Å². The molecule has 0 bridgehead atoms. The minimum absolute atomic E-state index is 0.773. The van der Waals surface area contributed by atoms with Crippen LogP contribution in [0.2, 0.25) is 11.6 Å². The van der Waals surface area contributed by atoms with Gasteiger partial charge in [-0.25, -0.2) is 0 Å². The van der Waals surface area contributed by atoms with Gasteiger partial charge < -0.3 is 4.43 Å². The molecule has 0 aromatic carbocycles. The standard InChI is InChI=1S/C9H20OSi/c1-3-11(10-2)9-7-5-4-6-8-9/h9,11H,3-8H2,1-2H3. The van der Waals surface area contributed by atoms with E-state index in [1.165, 1.54) is 38.1 Å². The van der Waals surface area contributed by atoms with Crippen molar-refractivity contribution in [2.75, 3.05) is 7.11 Å². The van der Waals surface area contributed by atoms with Crippen molar-refractivity contribution >= 4 is 9.04 Å². The number of hydrogen-bond acceptors (Lipinski definition) is 1. The fourth-order valence-electron chi connectivity index (χ4n) is 2.20. The Morgan fingerprint density at radius 3 is 2.36 bits per heavy atom. The molecule has 0 spiro atoms. The predicted molar refractivity (Wildman–Crippen MR) is 51.5 cm³/mol. The Hall–Kier alpha value is 0.177. The van der Waals surface area contributed by atoms with Crippen LogP contribution < -0.4 is 0 Å². The molecule has 1 aliphatic carbocycles. The smallest absolute Gasteiger partial charge is 0.179 e. The first-order valence-electron chi connectivity index (χ1n) is 4.91. The normalized spacial score (nSPS) is 23.5. The van der Waals surface area contributed by atoms with E-state index in [0.717, 1.165) is 5.54 Å². The van der Waals surface area contributed by atoms with E-state index < -0.39 is 9.04 Å². The van der Waals surface area contributed by atoms with Crippen molar-refractivity contribution < 1.29 is 4.43 Å². The summed E-state index contributed by atoms with van der Waals surface area (Å²) in [5.41, 5.74) is 0.999. The highest BCUT2D eigenvalue weighted by Crippen LogP contribution is 2.32. The molecule has 0 saturated heterocycles. The Labute approximate surface area is 71.9 Å². The maximum absolute atomic E-state index is 5.58. The molecule has 1 unspecified atom stereocenters. The third-order valence-corrected chi connectivity index (χ3v) is 6.01. The van der Waals surface area contributed by atoms with Crippen LogP contribution in [0.25, 0.3) is 0 Å². The summed E-state index contributed by atoms with van der Waals surface area (Å²) in [6, 6.07) is 1.32. The van der Waals surface area contributed by atoms with Crippen molar-refractivity contribution in [2.45, 2.75) is 50.6 Å².